The number of imidazole rings is 1. The topological polar surface area (TPSA) is 38.0 Å². The second kappa shape index (κ2) is 7.40. The molecule has 0 spiro atoms. The van der Waals surface area contributed by atoms with Crippen molar-refractivity contribution in [3.05, 3.63) is 71.1 Å². The smallest absolute Gasteiger partial charge is 0.110 e. The van der Waals surface area contributed by atoms with Gasteiger partial charge in [0.1, 0.15) is 5.82 Å². The minimum absolute atomic E-state index is 0.117. The first-order chi connectivity index (χ1) is 14.4. The van der Waals surface area contributed by atoms with Gasteiger partial charge in [-0.05, 0) is 65.4 Å². The lowest BCUT2D eigenvalue weighted by Crippen LogP contribution is -2.53. The summed E-state index contributed by atoms with van der Waals surface area (Å²) in [6.07, 6.45) is 5.48. The van der Waals surface area contributed by atoms with Gasteiger partial charge in [0, 0.05) is 30.4 Å². The van der Waals surface area contributed by atoms with Crippen LogP contribution in [0.3, 0.4) is 0 Å². The number of hydrogen-bond donors (Lipinski definition) is 1. The first-order valence-corrected chi connectivity index (χ1v) is 11.2. The third-order valence-electron chi connectivity index (χ3n) is 7.08. The molecule has 1 N–H and O–H groups in total. The lowest BCUT2D eigenvalue weighted by atomic mass is 9.86. The van der Waals surface area contributed by atoms with Crippen LogP contribution in [0.25, 0.3) is 5.69 Å². The summed E-state index contributed by atoms with van der Waals surface area (Å²) < 4.78 is 4.89. The Labute approximate surface area is 179 Å². The maximum atomic E-state index is 4.73. The summed E-state index contributed by atoms with van der Waals surface area (Å²) in [5.74, 6) is 1.07. The Morgan fingerprint density at radius 1 is 1.13 bits per heavy atom. The number of nitrogens with one attached hydrogen (secondary N) is 1. The van der Waals surface area contributed by atoms with Crippen LogP contribution in [0, 0.1) is 13.8 Å². The first-order valence-electron chi connectivity index (χ1n) is 11.2. The SMILES string of the molecule is Cc1cc2c(n1Cc1ccccc1)CC(C)(NC1CCN(C)CC1)c1cnc(C)n1-2. The normalized spacial score (nSPS) is 22.1. The fourth-order valence-electron chi connectivity index (χ4n) is 5.37. The van der Waals surface area contributed by atoms with Crippen molar-refractivity contribution in [3.63, 3.8) is 0 Å². The van der Waals surface area contributed by atoms with Crippen LogP contribution in [-0.2, 0) is 18.5 Å². The molecule has 5 nitrogen and oxygen atoms in total. The maximum Gasteiger partial charge on any atom is 0.110 e. The van der Waals surface area contributed by atoms with E-state index in [1.54, 1.807) is 0 Å². The van der Waals surface area contributed by atoms with Gasteiger partial charge in [-0.1, -0.05) is 30.3 Å². The Kier molecular flexibility index (Phi) is 4.83. The van der Waals surface area contributed by atoms with Gasteiger partial charge in [-0.25, -0.2) is 4.98 Å². The molecule has 30 heavy (non-hydrogen) atoms. The highest BCUT2D eigenvalue weighted by atomic mass is 15.2. The molecular formula is C25H33N5. The van der Waals surface area contributed by atoms with Gasteiger partial charge in [-0.2, -0.15) is 0 Å². The van der Waals surface area contributed by atoms with E-state index in [2.05, 4.69) is 89.8 Å². The molecule has 1 aromatic carbocycles. The summed E-state index contributed by atoms with van der Waals surface area (Å²) in [5.41, 5.74) is 6.55. The second-order valence-electron chi connectivity index (χ2n) is 9.45. The maximum absolute atomic E-state index is 4.73. The lowest BCUT2D eigenvalue weighted by molar-refractivity contribution is 0.192. The van der Waals surface area contributed by atoms with E-state index >= 15 is 0 Å². The third kappa shape index (κ3) is 3.30. The molecule has 158 valence electrons. The van der Waals surface area contributed by atoms with Crippen LogP contribution in [0.2, 0.25) is 0 Å². The van der Waals surface area contributed by atoms with Gasteiger partial charge in [0.2, 0.25) is 0 Å². The molecule has 0 aliphatic carbocycles. The van der Waals surface area contributed by atoms with Gasteiger partial charge in [-0.15, -0.1) is 0 Å². The Hall–Kier alpha value is -2.37. The first kappa shape index (κ1) is 19.6. The summed E-state index contributed by atoms with van der Waals surface area (Å²) in [7, 11) is 2.22. The number of fused-ring (bicyclic) bond motifs is 3. The molecule has 3 aromatic rings. The van der Waals surface area contributed by atoms with Crippen molar-refractivity contribution in [3.8, 4) is 5.69 Å². The summed E-state index contributed by atoms with van der Waals surface area (Å²) in [6, 6.07) is 13.7. The number of aryl methyl sites for hydroxylation is 2. The number of piperidine rings is 1. The van der Waals surface area contributed by atoms with Crippen molar-refractivity contribution >= 4 is 0 Å². The number of rotatable bonds is 4. The van der Waals surface area contributed by atoms with Crippen LogP contribution in [-0.4, -0.2) is 45.2 Å². The van der Waals surface area contributed by atoms with Crippen LogP contribution >= 0.6 is 0 Å². The number of benzene rings is 1. The highest BCUT2D eigenvalue weighted by molar-refractivity contribution is 5.50. The third-order valence-corrected chi connectivity index (χ3v) is 7.08. The summed E-state index contributed by atoms with van der Waals surface area (Å²) >= 11 is 0. The van der Waals surface area contributed by atoms with Gasteiger partial charge in [-0.3, -0.25) is 4.57 Å². The zero-order valence-electron chi connectivity index (χ0n) is 18.7. The molecule has 2 aliphatic rings. The molecular weight excluding hydrogens is 370 g/mol. The second-order valence-corrected chi connectivity index (χ2v) is 9.45. The standard InChI is InChI=1S/C25H33N5/c1-18-14-22-23(29(18)17-20-8-6-5-7-9-20)15-25(3,24-16-26-19(2)30(22)24)27-21-10-12-28(4)13-11-21/h5-9,14,16,21,27H,10-13,15,17H2,1-4H3. The summed E-state index contributed by atoms with van der Waals surface area (Å²) in [6.45, 7) is 9.97. The zero-order chi connectivity index (χ0) is 20.9. The highest BCUT2D eigenvalue weighted by Gasteiger charge is 2.40. The van der Waals surface area contributed by atoms with Crippen LogP contribution in [0.4, 0.5) is 0 Å². The Bertz CT molecular complexity index is 1040. The molecule has 2 aliphatic heterocycles. The average Bonchev–Trinajstić information content (AvgIpc) is 3.26. The van der Waals surface area contributed by atoms with Crippen molar-refractivity contribution in [2.24, 2.45) is 0 Å². The predicted octanol–water partition coefficient (Wildman–Crippen LogP) is 3.79. The van der Waals surface area contributed by atoms with Crippen LogP contribution in [0.15, 0.2) is 42.6 Å². The van der Waals surface area contributed by atoms with E-state index < -0.39 is 0 Å². The fourth-order valence-corrected chi connectivity index (χ4v) is 5.37. The Morgan fingerprint density at radius 3 is 2.60 bits per heavy atom. The van der Waals surface area contributed by atoms with Crippen molar-refractivity contribution in [2.45, 2.75) is 58.2 Å². The molecule has 1 fully saturated rings. The van der Waals surface area contributed by atoms with E-state index in [-0.39, 0.29) is 5.54 Å². The van der Waals surface area contributed by atoms with Crippen LogP contribution in [0.1, 0.15) is 48.2 Å². The largest absolute Gasteiger partial charge is 0.342 e. The van der Waals surface area contributed by atoms with Crippen LogP contribution < -0.4 is 5.32 Å². The quantitative estimate of drug-likeness (QED) is 0.720. The Morgan fingerprint density at radius 2 is 1.87 bits per heavy atom. The summed E-state index contributed by atoms with van der Waals surface area (Å²) in [4.78, 5) is 7.16. The average molecular weight is 404 g/mol. The highest BCUT2D eigenvalue weighted by Crippen LogP contribution is 2.39. The molecule has 1 saturated heterocycles. The molecule has 4 heterocycles. The van der Waals surface area contributed by atoms with E-state index in [1.807, 2.05) is 0 Å². The minimum Gasteiger partial charge on any atom is -0.342 e. The molecule has 1 atom stereocenters. The van der Waals surface area contributed by atoms with E-state index in [1.165, 1.54) is 54.3 Å². The fraction of sp³-hybridized carbons (Fsp3) is 0.480. The predicted molar refractivity (Wildman–Crippen MR) is 121 cm³/mol. The molecule has 0 bridgehead atoms. The molecule has 1 unspecified atom stereocenters. The van der Waals surface area contributed by atoms with E-state index in [0.717, 1.165) is 18.8 Å². The van der Waals surface area contributed by atoms with E-state index in [4.69, 9.17) is 4.98 Å². The van der Waals surface area contributed by atoms with Gasteiger partial charge in [0.15, 0.2) is 0 Å². The van der Waals surface area contributed by atoms with Gasteiger partial charge < -0.3 is 14.8 Å². The minimum atomic E-state index is -0.117. The van der Waals surface area contributed by atoms with Gasteiger partial charge in [0.05, 0.1) is 23.1 Å². The molecule has 0 saturated carbocycles. The Balaban J connectivity index is 1.54. The monoisotopic (exact) mass is 403 g/mol. The number of likely N-dealkylation sites (tertiary alicyclic amines) is 1. The zero-order valence-corrected chi connectivity index (χ0v) is 18.7. The van der Waals surface area contributed by atoms with E-state index in [0.29, 0.717) is 6.04 Å². The molecule has 5 rings (SSSR count). The molecule has 5 heteroatoms. The number of aromatic nitrogens is 3. The van der Waals surface area contributed by atoms with E-state index in [9.17, 15) is 0 Å². The molecule has 2 aromatic heterocycles. The summed E-state index contributed by atoms with van der Waals surface area (Å²) in [5, 5.41) is 4.06. The van der Waals surface area contributed by atoms with Crippen LogP contribution in [0.5, 0.6) is 0 Å². The lowest BCUT2D eigenvalue weighted by Gasteiger charge is -2.41. The number of hydrogen-bond acceptors (Lipinski definition) is 3. The molecule has 0 radical (unpaired) electrons. The van der Waals surface area contributed by atoms with Crippen molar-refractivity contribution < 1.29 is 0 Å². The number of nitrogens with zero attached hydrogens (tertiary/aromatic N) is 4. The van der Waals surface area contributed by atoms with Crippen molar-refractivity contribution in [1.29, 1.82) is 0 Å². The van der Waals surface area contributed by atoms with Gasteiger partial charge in [0.25, 0.3) is 0 Å². The molecule has 0 amide bonds. The van der Waals surface area contributed by atoms with Crippen molar-refractivity contribution in [1.82, 2.24) is 24.3 Å². The van der Waals surface area contributed by atoms with Gasteiger partial charge >= 0.3 is 0 Å². The van der Waals surface area contributed by atoms with Crippen molar-refractivity contribution in [2.75, 3.05) is 20.1 Å².